The van der Waals surface area contributed by atoms with Crippen molar-refractivity contribution < 1.29 is 0 Å². The SMILES string of the molecule is CCCCCCc1nc2cc(C#N)ccc2n1C. The van der Waals surface area contributed by atoms with E-state index in [1.54, 1.807) is 0 Å². The Hall–Kier alpha value is -1.82. The molecule has 0 saturated carbocycles. The summed E-state index contributed by atoms with van der Waals surface area (Å²) in [7, 11) is 2.05. The summed E-state index contributed by atoms with van der Waals surface area (Å²) >= 11 is 0. The Morgan fingerprint density at radius 2 is 2.11 bits per heavy atom. The number of hydrogen-bond acceptors (Lipinski definition) is 2. The van der Waals surface area contributed by atoms with E-state index in [2.05, 4.69) is 29.6 Å². The second kappa shape index (κ2) is 5.68. The van der Waals surface area contributed by atoms with Crippen LogP contribution in [0.25, 0.3) is 11.0 Å². The molecule has 0 atom stereocenters. The fourth-order valence-electron chi connectivity index (χ4n) is 2.25. The Morgan fingerprint density at radius 1 is 1.28 bits per heavy atom. The molecular weight excluding hydrogens is 222 g/mol. The molecule has 0 aliphatic rings. The normalized spacial score (nSPS) is 10.7. The molecule has 3 heteroatoms. The first-order chi connectivity index (χ1) is 8.76. The highest BCUT2D eigenvalue weighted by Crippen LogP contribution is 2.18. The molecule has 0 N–H and O–H groups in total. The first-order valence-corrected chi connectivity index (χ1v) is 6.61. The van der Waals surface area contributed by atoms with Gasteiger partial charge in [0, 0.05) is 13.5 Å². The van der Waals surface area contributed by atoms with Crippen LogP contribution < -0.4 is 0 Å². The van der Waals surface area contributed by atoms with Crippen molar-refractivity contribution in [1.82, 2.24) is 9.55 Å². The van der Waals surface area contributed by atoms with Crippen molar-refractivity contribution in [3.8, 4) is 6.07 Å². The second-order valence-corrected chi connectivity index (χ2v) is 4.71. The van der Waals surface area contributed by atoms with E-state index in [1.165, 1.54) is 25.7 Å². The molecule has 3 nitrogen and oxygen atoms in total. The average Bonchev–Trinajstić information content (AvgIpc) is 2.71. The van der Waals surface area contributed by atoms with Crippen LogP contribution in [0.4, 0.5) is 0 Å². The van der Waals surface area contributed by atoms with E-state index < -0.39 is 0 Å². The highest BCUT2D eigenvalue weighted by atomic mass is 15.1. The first kappa shape index (κ1) is 12.6. The zero-order valence-electron chi connectivity index (χ0n) is 11.1. The van der Waals surface area contributed by atoms with E-state index in [0.717, 1.165) is 23.3 Å². The maximum atomic E-state index is 8.89. The molecule has 94 valence electrons. The van der Waals surface area contributed by atoms with Crippen molar-refractivity contribution in [1.29, 1.82) is 5.26 Å². The van der Waals surface area contributed by atoms with Crippen LogP contribution in [0.1, 0.15) is 44.0 Å². The molecule has 0 radical (unpaired) electrons. The Bertz CT molecular complexity index is 575. The van der Waals surface area contributed by atoms with E-state index in [4.69, 9.17) is 5.26 Å². The summed E-state index contributed by atoms with van der Waals surface area (Å²) in [6.07, 6.45) is 6.03. The van der Waals surface area contributed by atoms with Gasteiger partial charge in [-0.05, 0) is 24.6 Å². The lowest BCUT2D eigenvalue weighted by atomic mass is 10.1. The molecule has 18 heavy (non-hydrogen) atoms. The standard InChI is InChI=1S/C15H19N3/c1-3-4-5-6-7-15-17-13-10-12(11-16)8-9-14(13)18(15)2/h8-10H,3-7H2,1-2H3. The maximum absolute atomic E-state index is 8.89. The maximum Gasteiger partial charge on any atom is 0.109 e. The first-order valence-electron chi connectivity index (χ1n) is 6.61. The fourth-order valence-corrected chi connectivity index (χ4v) is 2.25. The van der Waals surface area contributed by atoms with Crippen LogP contribution in [0.2, 0.25) is 0 Å². The van der Waals surface area contributed by atoms with E-state index in [9.17, 15) is 0 Å². The second-order valence-electron chi connectivity index (χ2n) is 4.71. The molecule has 0 aliphatic heterocycles. The van der Waals surface area contributed by atoms with Crippen LogP contribution in [-0.2, 0) is 13.5 Å². The predicted octanol–water partition coefficient (Wildman–Crippen LogP) is 3.57. The lowest BCUT2D eigenvalue weighted by Crippen LogP contribution is -1.97. The zero-order valence-corrected chi connectivity index (χ0v) is 11.1. The van der Waals surface area contributed by atoms with Crippen molar-refractivity contribution >= 4 is 11.0 Å². The number of benzene rings is 1. The van der Waals surface area contributed by atoms with Gasteiger partial charge in [0.25, 0.3) is 0 Å². The molecule has 2 rings (SSSR count). The van der Waals surface area contributed by atoms with Crippen molar-refractivity contribution in [2.45, 2.75) is 39.0 Å². The van der Waals surface area contributed by atoms with Crippen LogP contribution in [0.15, 0.2) is 18.2 Å². The number of hydrogen-bond donors (Lipinski definition) is 0. The van der Waals surface area contributed by atoms with Crippen molar-refractivity contribution in [3.63, 3.8) is 0 Å². The Morgan fingerprint density at radius 3 is 2.83 bits per heavy atom. The van der Waals surface area contributed by atoms with Gasteiger partial charge in [0.05, 0.1) is 22.7 Å². The monoisotopic (exact) mass is 241 g/mol. The number of fused-ring (bicyclic) bond motifs is 1. The Balaban J connectivity index is 2.19. The van der Waals surface area contributed by atoms with Gasteiger partial charge in [-0.2, -0.15) is 5.26 Å². The molecule has 0 saturated heterocycles. The predicted molar refractivity (Wildman–Crippen MR) is 73.3 cm³/mol. The number of aromatic nitrogens is 2. The van der Waals surface area contributed by atoms with E-state index in [0.29, 0.717) is 5.56 Å². The summed E-state index contributed by atoms with van der Waals surface area (Å²) in [5, 5.41) is 8.89. The molecule has 0 amide bonds. The van der Waals surface area contributed by atoms with E-state index >= 15 is 0 Å². The summed E-state index contributed by atoms with van der Waals surface area (Å²) in [4.78, 5) is 4.63. The molecule has 0 aliphatic carbocycles. The van der Waals surface area contributed by atoms with Crippen LogP contribution in [0, 0.1) is 11.3 Å². The summed E-state index contributed by atoms with van der Waals surface area (Å²) in [5.74, 6) is 1.12. The number of nitriles is 1. The van der Waals surface area contributed by atoms with Gasteiger partial charge in [-0.3, -0.25) is 0 Å². The van der Waals surface area contributed by atoms with Crippen LogP contribution >= 0.6 is 0 Å². The Labute approximate surface area is 108 Å². The number of imidazole rings is 1. The molecule has 1 aromatic carbocycles. The molecule has 0 spiro atoms. The summed E-state index contributed by atoms with van der Waals surface area (Å²) in [6, 6.07) is 7.86. The highest BCUT2D eigenvalue weighted by molar-refractivity contribution is 5.77. The van der Waals surface area contributed by atoms with Crippen LogP contribution in [0.3, 0.4) is 0 Å². The highest BCUT2D eigenvalue weighted by Gasteiger charge is 2.07. The minimum atomic E-state index is 0.679. The number of nitrogens with zero attached hydrogens (tertiary/aromatic N) is 3. The molecular formula is C15H19N3. The Kier molecular flexibility index (Phi) is 3.99. The smallest absolute Gasteiger partial charge is 0.109 e. The van der Waals surface area contributed by atoms with Gasteiger partial charge in [-0.15, -0.1) is 0 Å². The van der Waals surface area contributed by atoms with Gasteiger partial charge in [0.2, 0.25) is 0 Å². The molecule has 2 aromatic rings. The molecule has 0 fully saturated rings. The van der Waals surface area contributed by atoms with Gasteiger partial charge in [-0.25, -0.2) is 4.98 Å². The third-order valence-electron chi connectivity index (χ3n) is 3.36. The zero-order chi connectivity index (χ0) is 13.0. The van der Waals surface area contributed by atoms with Crippen LogP contribution in [-0.4, -0.2) is 9.55 Å². The van der Waals surface area contributed by atoms with Gasteiger partial charge in [0.15, 0.2) is 0 Å². The summed E-state index contributed by atoms with van der Waals surface area (Å²) in [6.45, 7) is 2.22. The fraction of sp³-hybridized carbons (Fsp3) is 0.467. The van der Waals surface area contributed by atoms with Gasteiger partial charge < -0.3 is 4.57 Å². The average molecular weight is 241 g/mol. The summed E-state index contributed by atoms with van der Waals surface area (Å²) < 4.78 is 2.14. The number of aryl methyl sites for hydroxylation is 2. The van der Waals surface area contributed by atoms with Gasteiger partial charge >= 0.3 is 0 Å². The largest absolute Gasteiger partial charge is 0.331 e. The molecule has 0 bridgehead atoms. The summed E-state index contributed by atoms with van der Waals surface area (Å²) in [5.41, 5.74) is 2.72. The third-order valence-corrected chi connectivity index (χ3v) is 3.36. The van der Waals surface area contributed by atoms with E-state index in [-0.39, 0.29) is 0 Å². The lowest BCUT2D eigenvalue weighted by molar-refractivity contribution is 0.642. The van der Waals surface area contributed by atoms with Gasteiger partial charge in [0.1, 0.15) is 5.82 Å². The topological polar surface area (TPSA) is 41.6 Å². The minimum absolute atomic E-state index is 0.679. The van der Waals surface area contributed by atoms with Crippen LogP contribution in [0.5, 0.6) is 0 Å². The number of unbranched alkanes of at least 4 members (excludes halogenated alkanes) is 3. The van der Waals surface area contributed by atoms with Gasteiger partial charge in [-0.1, -0.05) is 26.2 Å². The molecule has 1 aromatic heterocycles. The lowest BCUT2D eigenvalue weighted by Gasteiger charge is -2.01. The van der Waals surface area contributed by atoms with Crippen molar-refractivity contribution in [2.24, 2.45) is 7.05 Å². The van der Waals surface area contributed by atoms with E-state index in [1.807, 2.05) is 18.2 Å². The third kappa shape index (κ3) is 2.53. The molecule has 0 unspecified atom stereocenters. The van der Waals surface area contributed by atoms with Crippen molar-refractivity contribution in [3.05, 3.63) is 29.6 Å². The minimum Gasteiger partial charge on any atom is -0.331 e. The van der Waals surface area contributed by atoms with Crippen molar-refractivity contribution in [2.75, 3.05) is 0 Å². The quantitative estimate of drug-likeness (QED) is 0.751. The molecule has 1 heterocycles. The number of rotatable bonds is 5.